The van der Waals surface area contributed by atoms with Crippen LogP contribution in [0.1, 0.15) is 85.3 Å². The number of likely N-dealkylation sites (tertiary alicyclic amines) is 1. The molecule has 1 aliphatic carbocycles. The molecule has 13 nitrogen and oxygen atoms in total. The van der Waals surface area contributed by atoms with E-state index in [0.29, 0.717) is 53.6 Å². The summed E-state index contributed by atoms with van der Waals surface area (Å²) in [7, 11) is 1.88. The number of pyridine rings is 1. The average molecular weight is 809 g/mol. The van der Waals surface area contributed by atoms with E-state index in [-0.39, 0.29) is 29.9 Å². The normalized spacial score (nSPS) is 22.8. The number of carbonyl (C=O) groups is 3. The summed E-state index contributed by atoms with van der Waals surface area (Å²) in [5.41, 5.74) is 4.69. The number of anilines is 1. The lowest BCUT2D eigenvalue weighted by molar-refractivity contribution is -0.134. The van der Waals surface area contributed by atoms with E-state index in [1.807, 2.05) is 55.6 Å². The molecular weight excluding hydrogens is 757 g/mol. The van der Waals surface area contributed by atoms with Crippen molar-refractivity contribution in [1.82, 2.24) is 30.3 Å². The third kappa shape index (κ3) is 8.52. The number of piperidine rings is 2. The number of rotatable bonds is 11. The minimum atomic E-state index is -0.441. The highest BCUT2D eigenvalue weighted by Gasteiger charge is 2.32. The van der Waals surface area contributed by atoms with E-state index in [1.54, 1.807) is 16.9 Å². The highest BCUT2D eigenvalue weighted by atomic mass is 16.5. The minimum absolute atomic E-state index is 0.0309. The molecule has 60 heavy (non-hydrogen) atoms. The van der Waals surface area contributed by atoms with Crippen LogP contribution < -0.4 is 25.0 Å². The van der Waals surface area contributed by atoms with Crippen molar-refractivity contribution >= 4 is 45.2 Å². The van der Waals surface area contributed by atoms with Crippen molar-refractivity contribution in [2.75, 3.05) is 44.2 Å². The van der Waals surface area contributed by atoms with Gasteiger partial charge in [0, 0.05) is 79.8 Å². The molecule has 3 aliphatic heterocycles. The van der Waals surface area contributed by atoms with Gasteiger partial charge in [0.2, 0.25) is 11.8 Å². The summed E-state index contributed by atoms with van der Waals surface area (Å²) in [5.74, 6) is 1.67. The zero-order valence-corrected chi connectivity index (χ0v) is 34.1. The molecule has 0 bridgehead atoms. The monoisotopic (exact) mass is 808 g/mol. The third-order valence-electron chi connectivity index (χ3n) is 13.1. The molecule has 13 heteroatoms. The van der Waals surface area contributed by atoms with E-state index in [1.165, 1.54) is 5.69 Å². The predicted octanol–water partition coefficient (Wildman–Crippen LogP) is 6.25. The Balaban J connectivity index is 0.695. The van der Waals surface area contributed by atoms with Crippen LogP contribution in [0, 0.1) is 23.2 Å². The number of hydrogen-bond acceptors (Lipinski definition) is 10. The maximum Gasteiger partial charge on any atom is 0.251 e. The van der Waals surface area contributed by atoms with Gasteiger partial charge in [-0.15, -0.1) is 0 Å². The summed E-state index contributed by atoms with van der Waals surface area (Å²) in [6.45, 7) is 5.89. The summed E-state index contributed by atoms with van der Waals surface area (Å²) in [6.07, 6.45) is 9.32. The molecule has 9 rings (SSSR count). The second kappa shape index (κ2) is 17.3. The van der Waals surface area contributed by atoms with E-state index in [9.17, 15) is 19.6 Å². The molecule has 0 spiro atoms. The van der Waals surface area contributed by atoms with Crippen LogP contribution in [0.4, 0.5) is 5.69 Å². The molecule has 4 aliphatic rings. The van der Waals surface area contributed by atoms with E-state index in [2.05, 4.69) is 48.7 Å². The first-order valence-corrected chi connectivity index (χ1v) is 21.5. The second-order valence-electron chi connectivity index (χ2n) is 17.1. The molecule has 2 atom stereocenters. The fourth-order valence-corrected chi connectivity index (χ4v) is 9.68. The number of fused-ring (bicyclic) bond motifs is 2. The van der Waals surface area contributed by atoms with E-state index in [0.717, 1.165) is 105 Å². The topological polar surface area (TPSA) is 155 Å². The number of carbonyl (C=O) groups excluding carboxylic acids is 3. The largest absolute Gasteiger partial charge is 0.493 e. The van der Waals surface area contributed by atoms with Gasteiger partial charge in [-0.3, -0.25) is 29.4 Å². The van der Waals surface area contributed by atoms with Crippen LogP contribution in [0.3, 0.4) is 0 Å². The Hall–Kier alpha value is -6.00. The van der Waals surface area contributed by atoms with E-state index in [4.69, 9.17) is 9.47 Å². The lowest BCUT2D eigenvalue weighted by atomic mass is 9.92. The van der Waals surface area contributed by atoms with Gasteiger partial charge in [0.15, 0.2) is 0 Å². The second-order valence-corrected chi connectivity index (χ2v) is 17.1. The smallest absolute Gasteiger partial charge is 0.251 e. The number of aromatic nitrogens is 3. The Morgan fingerprint density at radius 3 is 2.50 bits per heavy atom. The number of nitrogens with one attached hydrogen (secondary N) is 2. The van der Waals surface area contributed by atoms with Crippen molar-refractivity contribution < 1.29 is 23.9 Å². The molecule has 1 saturated carbocycles. The molecule has 3 aromatic carbocycles. The zero-order chi connectivity index (χ0) is 41.2. The molecule has 0 radical (unpaired) electrons. The van der Waals surface area contributed by atoms with Gasteiger partial charge in [0.05, 0.1) is 40.9 Å². The van der Waals surface area contributed by atoms with Gasteiger partial charge in [0.1, 0.15) is 17.6 Å². The van der Waals surface area contributed by atoms with Gasteiger partial charge in [-0.2, -0.15) is 10.4 Å². The fraction of sp³-hybridized carbons (Fsp3) is 0.447. The Morgan fingerprint density at radius 2 is 1.72 bits per heavy atom. The van der Waals surface area contributed by atoms with Crippen molar-refractivity contribution in [3.63, 3.8) is 0 Å². The number of nitriles is 1. The highest BCUT2D eigenvalue weighted by Crippen LogP contribution is 2.34. The lowest BCUT2D eigenvalue weighted by Gasteiger charge is -2.35. The summed E-state index contributed by atoms with van der Waals surface area (Å²) in [4.78, 5) is 47.0. The Labute approximate surface area is 350 Å². The summed E-state index contributed by atoms with van der Waals surface area (Å²) in [5, 5.41) is 21.6. The van der Waals surface area contributed by atoms with Crippen LogP contribution in [0.2, 0.25) is 0 Å². The molecule has 5 aromatic rings. The first-order chi connectivity index (χ1) is 29.3. The summed E-state index contributed by atoms with van der Waals surface area (Å²) >= 11 is 0. The molecule has 0 unspecified atom stereocenters. The zero-order valence-electron chi connectivity index (χ0n) is 34.1. The molecular formula is C47H52N8O5. The number of aryl methyl sites for hydroxylation is 1. The van der Waals surface area contributed by atoms with E-state index >= 15 is 0 Å². The summed E-state index contributed by atoms with van der Waals surface area (Å²) in [6, 6.07) is 23.8. The standard InChI is InChI=1S/C47H52N8O5/c1-53-41-15-13-37(25-40(41)45(52-53)39-14-17-43(56)51-47(39)58)59-29-31-18-22-54(28-31)27-30-19-23-55(24-20-30)35-9-4-32(5-10-35)46(57)50-34-7-11-36(12-8-34)60-42-16-6-33(26-48)44-38(42)3-2-21-49-44/h2-6,9-10,13,15-16,21,25,30-31,34,36,39H,7-8,11-12,14,17-20,22-24,27-29H2,1H3,(H,50,57)(H,51,56,58)/t31-,34?,36?,39-/m1/s1. The van der Waals surface area contributed by atoms with Gasteiger partial charge < -0.3 is 24.6 Å². The molecule has 5 heterocycles. The van der Waals surface area contributed by atoms with Crippen LogP contribution in [-0.2, 0) is 16.6 Å². The van der Waals surface area contributed by atoms with Gasteiger partial charge in [0.25, 0.3) is 5.91 Å². The average Bonchev–Trinajstić information content (AvgIpc) is 3.86. The van der Waals surface area contributed by atoms with Crippen LogP contribution >= 0.6 is 0 Å². The van der Waals surface area contributed by atoms with Crippen LogP contribution in [0.5, 0.6) is 11.5 Å². The van der Waals surface area contributed by atoms with Crippen molar-refractivity contribution in [3.05, 3.63) is 89.7 Å². The van der Waals surface area contributed by atoms with Crippen molar-refractivity contribution in [1.29, 1.82) is 5.26 Å². The number of nitrogens with zero attached hydrogens (tertiary/aromatic N) is 6. The number of amides is 3. The number of hydrogen-bond donors (Lipinski definition) is 2. The first-order valence-electron chi connectivity index (χ1n) is 21.5. The van der Waals surface area contributed by atoms with Gasteiger partial charge >= 0.3 is 0 Å². The van der Waals surface area contributed by atoms with E-state index < -0.39 is 5.92 Å². The minimum Gasteiger partial charge on any atom is -0.493 e. The molecule has 4 fully saturated rings. The number of ether oxygens (including phenoxy) is 2. The molecule has 2 N–H and O–H groups in total. The molecule has 310 valence electrons. The van der Waals surface area contributed by atoms with Crippen LogP contribution in [0.25, 0.3) is 21.8 Å². The number of imide groups is 1. The SMILES string of the molecule is Cn1nc([C@H]2CCC(=O)NC2=O)c2cc(OC[C@@H]3CCN(CC4CCN(c5ccc(C(=O)NC6CCC(Oc7ccc(C#N)c8ncccc78)CC6)cc5)CC4)C3)ccc21. The van der Waals surface area contributed by atoms with Crippen LogP contribution in [0.15, 0.2) is 72.9 Å². The Morgan fingerprint density at radius 1 is 0.917 bits per heavy atom. The Bertz CT molecular complexity index is 2430. The molecule has 3 saturated heterocycles. The fourth-order valence-electron chi connectivity index (χ4n) is 9.68. The maximum absolute atomic E-state index is 13.2. The predicted molar refractivity (Wildman–Crippen MR) is 228 cm³/mol. The maximum atomic E-state index is 13.2. The van der Waals surface area contributed by atoms with Gasteiger partial charge in [-0.25, -0.2) is 0 Å². The Kier molecular flexibility index (Phi) is 11.4. The molecule has 2 aromatic heterocycles. The van der Waals surface area contributed by atoms with Gasteiger partial charge in [-0.05, 0) is 131 Å². The third-order valence-corrected chi connectivity index (χ3v) is 13.1. The molecule has 3 amide bonds. The van der Waals surface area contributed by atoms with Crippen LogP contribution in [-0.4, -0.2) is 88.9 Å². The van der Waals surface area contributed by atoms with Crippen molar-refractivity contribution in [3.8, 4) is 17.6 Å². The van der Waals surface area contributed by atoms with Crippen molar-refractivity contribution in [2.45, 2.75) is 75.9 Å². The highest BCUT2D eigenvalue weighted by molar-refractivity contribution is 6.02. The lowest BCUT2D eigenvalue weighted by Crippen LogP contribution is -2.40. The van der Waals surface area contributed by atoms with Gasteiger partial charge in [-0.1, -0.05) is 0 Å². The number of benzene rings is 3. The quantitative estimate of drug-likeness (QED) is 0.146. The first kappa shape index (κ1) is 39.5. The summed E-state index contributed by atoms with van der Waals surface area (Å²) < 4.78 is 14.5. The van der Waals surface area contributed by atoms with Crippen molar-refractivity contribution in [2.24, 2.45) is 18.9 Å².